The molecule has 1 fully saturated rings. The summed E-state index contributed by atoms with van der Waals surface area (Å²) in [4.78, 5) is 22.7. The number of aromatic nitrogens is 1. The number of hydrogen-bond donors (Lipinski definition) is 3. The highest BCUT2D eigenvalue weighted by Crippen LogP contribution is 2.40. The van der Waals surface area contributed by atoms with Crippen LogP contribution < -0.4 is 24.8 Å². The normalized spacial score (nSPS) is 15.5. The van der Waals surface area contributed by atoms with Crippen LogP contribution >= 0.6 is 0 Å². The number of hydrogen-bond acceptors (Lipinski definition) is 8. The topological polar surface area (TPSA) is 125 Å². The van der Waals surface area contributed by atoms with Gasteiger partial charge in [-0.1, -0.05) is 45.0 Å². The second-order valence-electron chi connectivity index (χ2n) is 13.2. The van der Waals surface area contributed by atoms with Crippen LogP contribution in [0.3, 0.4) is 0 Å². The van der Waals surface area contributed by atoms with Crippen molar-refractivity contribution in [3.63, 3.8) is 0 Å². The lowest BCUT2D eigenvalue weighted by Crippen LogP contribution is -2.31. The summed E-state index contributed by atoms with van der Waals surface area (Å²) in [6, 6.07) is 18.7. The highest BCUT2D eigenvalue weighted by Gasteiger charge is 2.25. The zero-order valence-corrected chi connectivity index (χ0v) is 28.9. The smallest absolute Gasteiger partial charge is 0.323 e. The minimum atomic E-state index is -3.61. The fraction of sp³-hybridized carbons (Fsp3) is 0.371. The van der Waals surface area contributed by atoms with Crippen molar-refractivity contribution in [2.75, 3.05) is 55.9 Å². The molecule has 0 bridgehead atoms. The van der Waals surface area contributed by atoms with E-state index in [2.05, 4.69) is 44.2 Å². The second-order valence-corrected chi connectivity index (χ2v) is 14.9. The van der Waals surface area contributed by atoms with Gasteiger partial charge in [0.1, 0.15) is 11.5 Å². The Morgan fingerprint density at radius 3 is 2.36 bits per heavy atom. The highest BCUT2D eigenvalue weighted by molar-refractivity contribution is 7.92. The van der Waals surface area contributed by atoms with Crippen molar-refractivity contribution >= 4 is 43.9 Å². The van der Waals surface area contributed by atoms with Crippen molar-refractivity contribution in [2.24, 2.45) is 0 Å². The molecule has 1 saturated heterocycles. The molecule has 1 aliphatic rings. The minimum absolute atomic E-state index is 0.200. The van der Waals surface area contributed by atoms with Crippen LogP contribution in [-0.4, -0.2) is 75.8 Å². The summed E-state index contributed by atoms with van der Waals surface area (Å²) < 4.78 is 38.6. The first-order valence-corrected chi connectivity index (χ1v) is 17.4. The Morgan fingerprint density at radius 1 is 1.00 bits per heavy atom. The van der Waals surface area contributed by atoms with Gasteiger partial charge in [0.15, 0.2) is 5.75 Å². The Morgan fingerprint density at radius 2 is 1.70 bits per heavy atom. The van der Waals surface area contributed by atoms with Crippen LogP contribution in [0.2, 0.25) is 0 Å². The number of anilines is 3. The van der Waals surface area contributed by atoms with Gasteiger partial charge >= 0.3 is 6.03 Å². The van der Waals surface area contributed by atoms with E-state index >= 15 is 0 Å². The number of sulfonamides is 1. The van der Waals surface area contributed by atoms with E-state index in [9.17, 15) is 13.2 Å². The number of rotatable bonds is 10. The lowest BCUT2D eigenvalue weighted by atomic mass is 9.86. The third kappa shape index (κ3) is 8.51. The highest BCUT2D eigenvalue weighted by atomic mass is 32.2. The predicted molar refractivity (Wildman–Crippen MR) is 188 cm³/mol. The third-order valence-corrected chi connectivity index (χ3v) is 8.80. The quantitative estimate of drug-likeness (QED) is 0.177. The number of urea groups is 1. The van der Waals surface area contributed by atoms with Crippen LogP contribution in [0.15, 0.2) is 66.9 Å². The van der Waals surface area contributed by atoms with Gasteiger partial charge in [-0.2, -0.15) is 0 Å². The maximum absolute atomic E-state index is 13.4. The molecule has 1 aromatic heterocycles. The molecule has 2 amide bonds. The molecule has 3 N–H and O–H groups in total. The van der Waals surface area contributed by atoms with Gasteiger partial charge in [0.2, 0.25) is 10.0 Å². The van der Waals surface area contributed by atoms with E-state index in [1.54, 1.807) is 24.4 Å². The van der Waals surface area contributed by atoms with Gasteiger partial charge < -0.3 is 25.0 Å². The summed E-state index contributed by atoms with van der Waals surface area (Å²) in [6.07, 6.45) is 3.98. The molecule has 47 heavy (non-hydrogen) atoms. The van der Waals surface area contributed by atoms with Crippen LogP contribution in [0.25, 0.3) is 10.8 Å². The summed E-state index contributed by atoms with van der Waals surface area (Å²) in [5, 5.41) is 7.41. The fourth-order valence-corrected chi connectivity index (χ4v) is 6.29. The number of amides is 2. The molecule has 4 aromatic rings. The number of nitrogens with zero attached hydrogens (tertiary/aromatic N) is 3. The molecule has 250 valence electrons. The Labute approximate surface area is 277 Å². The lowest BCUT2D eigenvalue weighted by molar-refractivity contribution is 0.262. The number of carbonyl (C=O) groups is 1. The van der Waals surface area contributed by atoms with Gasteiger partial charge in [0.25, 0.3) is 0 Å². The number of pyridine rings is 1. The monoisotopic (exact) mass is 660 g/mol. The number of benzene rings is 3. The van der Waals surface area contributed by atoms with Gasteiger partial charge in [-0.25, -0.2) is 13.2 Å². The van der Waals surface area contributed by atoms with E-state index in [4.69, 9.17) is 9.47 Å². The van der Waals surface area contributed by atoms with Gasteiger partial charge in [0, 0.05) is 48.7 Å². The standard InChI is InChI=1S/C35H44N6O5S/c1-35(2,3)23-18-30(33(45-6)31(19-23)39-47(7,43)44)38-34(42)37-29-12-13-32(28-11-9-8-10-27(28)29)46-26-14-16-36-24(20-26)21-41-17-15-25(22-41)40(4)5/h8-14,16,18-20,25,39H,15,17,21-22H2,1-7H3,(H2,37,38,42)/t25-/m1/s1. The molecule has 0 aliphatic carbocycles. The molecular formula is C35H44N6O5S. The number of carbonyl (C=O) groups excluding carboxylic acids is 1. The number of nitrogens with one attached hydrogen (secondary N) is 3. The molecule has 0 radical (unpaired) electrons. The van der Waals surface area contributed by atoms with Crippen LogP contribution in [0, 0.1) is 0 Å². The summed E-state index contributed by atoms with van der Waals surface area (Å²) in [6.45, 7) is 8.81. The third-order valence-electron chi connectivity index (χ3n) is 8.21. The van der Waals surface area contributed by atoms with Crippen molar-refractivity contribution in [1.82, 2.24) is 14.8 Å². The molecule has 0 spiro atoms. The van der Waals surface area contributed by atoms with E-state index in [1.807, 2.05) is 63.2 Å². The van der Waals surface area contributed by atoms with Gasteiger partial charge in [-0.05, 0) is 61.8 Å². The van der Waals surface area contributed by atoms with E-state index in [0.717, 1.165) is 54.3 Å². The SMILES string of the molecule is COc1c(NC(=O)Nc2ccc(Oc3ccnc(CN4CC[C@@H](N(C)C)C4)c3)c3ccccc23)cc(C(C)(C)C)cc1NS(C)(=O)=O. The van der Waals surface area contributed by atoms with Crippen molar-refractivity contribution in [2.45, 2.75) is 45.2 Å². The van der Waals surface area contributed by atoms with Crippen LogP contribution in [0.5, 0.6) is 17.2 Å². The van der Waals surface area contributed by atoms with Crippen molar-refractivity contribution in [1.29, 1.82) is 0 Å². The molecule has 11 nitrogen and oxygen atoms in total. The lowest BCUT2D eigenvalue weighted by Gasteiger charge is -2.24. The maximum atomic E-state index is 13.4. The van der Waals surface area contributed by atoms with Gasteiger partial charge in [-0.15, -0.1) is 0 Å². The molecule has 1 aliphatic heterocycles. The predicted octanol–water partition coefficient (Wildman–Crippen LogP) is 6.48. The first kappa shape index (κ1) is 34.0. The molecule has 0 unspecified atom stereocenters. The van der Waals surface area contributed by atoms with E-state index in [1.165, 1.54) is 7.11 Å². The van der Waals surface area contributed by atoms with Crippen LogP contribution in [-0.2, 0) is 22.0 Å². The molecule has 2 heterocycles. The first-order valence-electron chi connectivity index (χ1n) is 15.5. The number of likely N-dealkylation sites (tertiary alicyclic amines) is 1. The molecule has 3 aromatic carbocycles. The molecule has 12 heteroatoms. The molecule has 1 atom stereocenters. The molecule has 0 saturated carbocycles. The summed E-state index contributed by atoms with van der Waals surface area (Å²) in [7, 11) is 2.06. The van der Waals surface area contributed by atoms with Crippen LogP contribution in [0.4, 0.5) is 21.9 Å². The van der Waals surface area contributed by atoms with E-state index < -0.39 is 16.1 Å². The molecule has 5 rings (SSSR count). The maximum Gasteiger partial charge on any atom is 0.323 e. The van der Waals surface area contributed by atoms with E-state index in [0.29, 0.717) is 28.9 Å². The Kier molecular flexibility index (Phi) is 9.94. The molecular weight excluding hydrogens is 616 g/mol. The Bertz CT molecular complexity index is 1870. The summed E-state index contributed by atoms with van der Waals surface area (Å²) in [5.41, 5.74) is 2.56. The van der Waals surface area contributed by atoms with Gasteiger partial charge in [0.05, 0.1) is 36.1 Å². The first-order chi connectivity index (χ1) is 22.2. The number of ether oxygens (including phenoxy) is 2. The number of fused-ring (bicyclic) bond motifs is 1. The minimum Gasteiger partial charge on any atom is -0.492 e. The average molecular weight is 661 g/mol. The van der Waals surface area contributed by atoms with Crippen molar-refractivity contribution < 1.29 is 22.7 Å². The largest absolute Gasteiger partial charge is 0.492 e. The zero-order valence-electron chi connectivity index (χ0n) is 28.0. The Balaban J connectivity index is 1.36. The van der Waals surface area contributed by atoms with Crippen LogP contribution in [0.1, 0.15) is 38.4 Å². The number of likely N-dealkylation sites (N-methyl/N-ethyl adjacent to an activating group) is 1. The second kappa shape index (κ2) is 13.8. The summed E-state index contributed by atoms with van der Waals surface area (Å²) in [5.74, 6) is 1.53. The number of methoxy groups -OCH3 is 1. The van der Waals surface area contributed by atoms with Gasteiger partial charge in [-0.3, -0.25) is 14.6 Å². The van der Waals surface area contributed by atoms with Crippen molar-refractivity contribution in [3.8, 4) is 17.2 Å². The zero-order chi connectivity index (χ0) is 33.9. The average Bonchev–Trinajstić information content (AvgIpc) is 3.46. The Hall–Kier alpha value is -4.39. The summed E-state index contributed by atoms with van der Waals surface area (Å²) >= 11 is 0. The van der Waals surface area contributed by atoms with Crippen molar-refractivity contribution in [3.05, 3.63) is 78.1 Å². The fourth-order valence-electron chi connectivity index (χ4n) is 5.73. The van der Waals surface area contributed by atoms with E-state index in [-0.39, 0.29) is 16.9 Å².